The average molecular weight is 578 g/mol. The summed E-state index contributed by atoms with van der Waals surface area (Å²) in [6, 6.07) is 27.8. The third-order valence-corrected chi connectivity index (χ3v) is 7.11. The Morgan fingerprint density at radius 2 is 1.14 bits per heavy atom. The third kappa shape index (κ3) is 8.87. The van der Waals surface area contributed by atoms with E-state index < -0.39 is 61.0 Å². The summed E-state index contributed by atoms with van der Waals surface area (Å²) in [5.41, 5.74) is 2.71. The van der Waals surface area contributed by atoms with Crippen LogP contribution in [0.4, 0.5) is 4.79 Å². The number of carboxylic acid groups (broad SMARTS) is 1. The third-order valence-electron chi connectivity index (χ3n) is 7.11. The molecule has 3 aromatic carbocycles. The molecule has 0 heterocycles. The van der Waals surface area contributed by atoms with Gasteiger partial charge in [-0.25, -0.2) is 4.79 Å². The summed E-state index contributed by atoms with van der Waals surface area (Å²) in [6.45, 7) is 4.05. The number of nitrogens with one attached hydrogen (secondary N) is 1. The van der Waals surface area contributed by atoms with Crippen LogP contribution in [0.3, 0.4) is 0 Å². The van der Waals surface area contributed by atoms with Gasteiger partial charge in [-0.15, -0.1) is 0 Å². The lowest BCUT2D eigenvalue weighted by Crippen LogP contribution is -2.50. The molecule has 0 saturated heterocycles. The van der Waals surface area contributed by atoms with Crippen molar-refractivity contribution in [1.82, 2.24) is 5.32 Å². The second-order valence-electron chi connectivity index (χ2n) is 10.7. The van der Waals surface area contributed by atoms with E-state index in [1.807, 2.05) is 91.0 Å². The summed E-state index contributed by atoms with van der Waals surface area (Å²) in [6.07, 6.45) is -5.43. The standard InChI is InChI=1S/C33H39NO8/c1-22(2)42-33(38)34-29-28(26(35)18-27(36)37)30(39-19-23-12-6-3-7-13-23)32(41-21-25-16-10-5-11-17-25)31(29)40-20-24-14-8-4-9-15-24/h3-17,22,26,28-32,35H,18-21H2,1-2H3,(H,34,38)(H,36,37)/t26?,28-,29-,30+,31+,32-/m0/s1. The minimum Gasteiger partial charge on any atom is -0.481 e. The summed E-state index contributed by atoms with van der Waals surface area (Å²) in [5.74, 6) is -2.06. The highest BCUT2D eigenvalue weighted by molar-refractivity contribution is 5.69. The summed E-state index contributed by atoms with van der Waals surface area (Å²) in [4.78, 5) is 24.7. The molecule has 9 nitrogen and oxygen atoms in total. The zero-order chi connectivity index (χ0) is 29.9. The van der Waals surface area contributed by atoms with Crippen LogP contribution in [-0.4, -0.2) is 58.8 Å². The van der Waals surface area contributed by atoms with E-state index in [2.05, 4.69) is 5.32 Å². The molecule has 0 radical (unpaired) electrons. The van der Waals surface area contributed by atoms with E-state index in [1.165, 1.54) is 0 Å². The summed E-state index contributed by atoms with van der Waals surface area (Å²) < 4.78 is 24.7. The maximum absolute atomic E-state index is 12.9. The van der Waals surface area contributed by atoms with E-state index in [9.17, 15) is 19.8 Å². The fourth-order valence-corrected chi connectivity index (χ4v) is 5.26. The minimum absolute atomic E-state index is 0.182. The Balaban J connectivity index is 1.71. The lowest BCUT2D eigenvalue weighted by atomic mass is 9.92. The Kier molecular flexibility index (Phi) is 11.5. The monoisotopic (exact) mass is 577 g/mol. The number of carboxylic acids is 1. The summed E-state index contributed by atoms with van der Waals surface area (Å²) in [5, 5.41) is 23.7. The van der Waals surface area contributed by atoms with Gasteiger partial charge >= 0.3 is 12.1 Å². The van der Waals surface area contributed by atoms with Crippen molar-refractivity contribution in [3.63, 3.8) is 0 Å². The first-order chi connectivity index (χ1) is 20.3. The number of carbonyl (C=O) groups excluding carboxylic acids is 1. The largest absolute Gasteiger partial charge is 0.481 e. The molecular weight excluding hydrogens is 538 g/mol. The fourth-order valence-electron chi connectivity index (χ4n) is 5.26. The highest BCUT2D eigenvalue weighted by Crippen LogP contribution is 2.38. The van der Waals surface area contributed by atoms with Gasteiger partial charge in [0.1, 0.15) is 12.2 Å². The Morgan fingerprint density at radius 1 is 0.714 bits per heavy atom. The molecule has 3 N–H and O–H groups in total. The molecule has 0 spiro atoms. The van der Waals surface area contributed by atoms with Crippen molar-refractivity contribution in [3.8, 4) is 0 Å². The molecule has 1 fully saturated rings. The van der Waals surface area contributed by atoms with Gasteiger partial charge in [-0.3, -0.25) is 4.79 Å². The predicted octanol–water partition coefficient (Wildman–Crippen LogP) is 4.71. The molecule has 1 aliphatic rings. The molecule has 1 aliphatic carbocycles. The van der Waals surface area contributed by atoms with Crippen molar-refractivity contribution in [3.05, 3.63) is 108 Å². The van der Waals surface area contributed by atoms with E-state index in [0.29, 0.717) is 0 Å². The van der Waals surface area contributed by atoms with Gasteiger partial charge in [0, 0.05) is 5.92 Å². The molecule has 0 aliphatic heterocycles. The first-order valence-electron chi connectivity index (χ1n) is 14.2. The number of alkyl carbamates (subject to hydrolysis) is 1. The van der Waals surface area contributed by atoms with Crippen LogP contribution in [0.5, 0.6) is 0 Å². The van der Waals surface area contributed by atoms with Crippen LogP contribution >= 0.6 is 0 Å². The Labute approximate surface area is 246 Å². The first kappa shape index (κ1) is 31.2. The van der Waals surface area contributed by atoms with Crippen LogP contribution < -0.4 is 5.32 Å². The summed E-state index contributed by atoms with van der Waals surface area (Å²) >= 11 is 0. The fraction of sp³-hybridized carbons (Fsp3) is 0.394. The Bertz CT molecular complexity index is 1240. The van der Waals surface area contributed by atoms with E-state index in [0.717, 1.165) is 16.7 Å². The van der Waals surface area contributed by atoms with Crippen molar-refractivity contribution in [2.75, 3.05) is 0 Å². The van der Waals surface area contributed by atoms with E-state index in [1.54, 1.807) is 13.8 Å². The highest BCUT2D eigenvalue weighted by atomic mass is 16.6. The number of hydrogen-bond donors (Lipinski definition) is 3. The molecule has 9 heteroatoms. The SMILES string of the molecule is CC(C)OC(=O)N[C@@H]1[C@@H](OCc2ccccc2)[C@@H](OCc2ccccc2)[C@H](OCc2ccccc2)[C@H]1C(O)CC(=O)O. The number of hydrogen-bond acceptors (Lipinski definition) is 7. The Hall–Kier alpha value is -3.76. The normalized spacial score (nSPS) is 22.5. The van der Waals surface area contributed by atoms with Crippen molar-refractivity contribution in [2.24, 2.45) is 5.92 Å². The second kappa shape index (κ2) is 15.5. The van der Waals surface area contributed by atoms with E-state index in [4.69, 9.17) is 18.9 Å². The maximum Gasteiger partial charge on any atom is 0.407 e. The molecule has 1 unspecified atom stereocenters. The van der Waals surface area contributed by atoms with Gasteiger partial charge in [-0.2, -0.15) is 0 Å². The summed E-state index contributed by atoms with van der Waals surface area (Å²) in [7, 11) is 0. The van der Waals surface area contributed by atoms with Crippen LogP contribution in [0, 0.1) is 5.92 Å². The predicted molar refractivity (Wildman–Crippen MR) is 155 cm³/mol. The van der Waals surface area contributed by atoms with Gasteiger partial charge in [-0.1, -0.05) is 91.0 Å². The maximum atomic E-state index is 12.9. The van der Waals surface area contributed by atoms with Crippen molar-refractivity contribution in [1.29, 1.82) is 0 Å². The van der Waals surface area contributed by atoms with Crippen LogP contribution in [-0.2, 0) is 43.6 Å². The molecule has 0 bridgehead atoms. The second-order valence-corrected chi connectivity index (χ2v) is 10.7. The number of carbonyl (C=O) groups is 2. The molecule has 42 heavy (non-hydrogen) atoms. The average Bonchev–Trinajstić information content (AvgIpc) is 3.26. The number of amides is 1. The zero-order valence-electron chi connectivity index (χ0n) is 23.9. The number of ether oxygens (including phenoxy) is 4. The van der Waals surface area contributed by atoms with Crippen LogP contribution in [0.25, 0.3) is 0 Å². The topological polar surface area (TPSA) is 124 Å². The minimum atomic E-state index is -1.37. The molecule has 1 saturated carbocycles. The number of rotatable bonds is 14. The van der Waals surface area contributed by atoms with Gasteiger partial charge in [0.25, 0.3) is 0 Å². The van der Waals surface area contributed by atoms with Gasteiger partial charge in [0.05, 0.1) is 50.6 Å². The molecule has 4 rings (SSSR count). The van der Waals surface area contributed by atoms with Gasteiger partial charge in [0.15, 0.2) is 0 Å². The van der Waals surface area contributed by atoms with Crippen LogP contribution in [0.2, 0.25) is 0 Å². The molecule has 224 valence electrons. The highest BCUT2D eigenvalue weighted by Gasteiger charge is 2.56. The zero-order valence-corrected chi connectivity index (χ0v) is 23.9. The van der Waals surface area contributed by atoms with Gasteiger partial charge < -0.3 is 34.5 Å². The van der Waals surface area contributed by atoms with Crippen LogP contribution in [0.1, 0.15) is 37.0 Å². The van der Waals surface area contributed by atoms with E-state index in [-0.39, 0.29) is 19.8 Å². The van der Waals surface area contributed by atoms with Crippen LogP contribution in [0.15, 0.2) is 91.0 Å². The van der Waals surface area contributed by atoms with Crippen molar-refractivity contribution in [2.45, 2.75) is 76.7 Å². The number of aliphatic carboxylic acids is 1. The molecular formula is C33H39NO8. The molecule has 0 aromatic heterocycles. The van der Waals surface area contributed by atoms with Gasteiger partial charge in [0.2, 0.25) is 0 Å². The van der Waals surface area contributed by atoms with E-state index >= 15 is 0 Å². The molecule has 1 amide bonds. The first-order valence-corrected chi connectivity index (χ1v) is 14.2. The number of aliphatic hydroxyl groups excluding tert-OH is 1. The molecule has 6 atom stereocenters. The van der Waals surface area contributed by atoms with Gasteiger partial charge in [-0.05, 0) is 30.5 Å². The quantitative estimate of drug-likeness (QED) is 0.252. The van der Waals surface area contributed by atoms with Crippen molar-refractivity contribution < 1.29 is 38.7 Å². The number of benzene rings is 3. The lowest BCUT2D eigenvalue weighted by molar-refractivity contribution is -0.144. The smallest absolute Gasteiger partial charge is 0.407 e. The lowest BCUT2D eigenvalue weighted by Gasteiger charge is -2.30. The number of aliphatic hydroxyl groups is 1. The Morgan fingerprint density at radius 3 is 1.57 bits per heavy atom. The molecule has 3 aromatic rings. The van der Waals surface area contributed by atoms with Crippen molar-refractivity contribution >= 4 is 12.1 Å².